The Labute approximate surface area is 182 Å². The van der Waals surface area contributed by atoms with Gasteiger partial charge in [0.2, 0.25) is 15.9 Å². The minimum absolute atomic E-state index is 0.0165. The van der Waals surface area contributed by atoms with E-state index in [4.69, 9.17) is 0 Å². The lowest BCUT2D eigenvalue weighted by atomic mass is 9.83. The maximum Gasteiger partial charge on any atom is 0.417 e. The largest absolute Gasteiger partial charge is 0.417 e. The van der Waals surface area contributed by atoms with Gasteiger partial charge in [-0.1, -0.05) is 25.0 Å². The van der Waals surface area contributed by atoms with E-state index in [2.05, 4.69) is 5.32 Å². The molecule has 1 heterocycles. The smallest absolute Gasteiger partial charge is 0.353 e. The molecule has 1 saturated heterocycles. The number of carbonyl (C=O) groups excluding carboxylic acids is 1. The number of hydrogen-bond donors (Lipinski definition) is 1. The van der Waals surface area contributed by atoms with Gasteiger partial charge in [-0.05, 0) is 37.8 Å². The van der Waals surface area contributed by atoms with Crippen molar-refractivity contribution >= 4 is 15.9 Å². The first-order chi connectivity index (χ1) is 14.8. The summed E-state index contributed by atoms with van der Waals surface area (Å²) in [6, 6.07) is 2.85. The summed E-state index contributed by atoms with van der Waals surface area (Å²) in [4.78, 5) is 11.7. The van der Waals surface area contributed by atoms with Gasteiger partial charge >= 0.3 is 12.4 Å². The maximum absolute atomic E-state index is 13.2. The SMILES string of the molecule is O=C(NC1CCCCC1C(F)(F)F)C1CCN(S(=O)(=O)c2ccccc2C(F)(F)F)CC1. The Hall–Kier alpha value is -1.82. The Morgan fingerprint density at radius 2 is 1.53 bits per heavy atom. The van der Waals surface area contributed by atoms with Crippen molar-refractivity contribution in [2.45, 2.75) is 61.8 Å². The van der Waals surface area contributed by atoms with Crippen LogP contribution in [0.3, 0.4) is 0 Å². The number of benzene rings is 1. The van der Waals surface area contributed by atoms with Gasteiger partial charge in [0.25, 0.3) is 0 Å². The first-order valence-electron chi connectivity index (χ1n) is 10.4. The van der Waals surface area contributed by atoms with Gasteiger partial charge in [-0.15, -0.1) is 0 Å². The monoisotopic (exact) mass is 486 g/mol. The zero-order valence-electron chi connectivity index (χ0n) is 17.0. The van der Waals surface area contributed by atoms with Crippen LogP contribution >= 0.6 is 0 Å². The van der Waals surface area contributed by atoms with Crippen LogP contribution in [0.4, 0.5) is 26.3 Å². The molecule has 2 aliphatic rings. The molecule has 180 valence electrons. The molecule has 1 aromatic carbocycles. The van der Waals surface area contributed by atoms with E-state index < -0.39 is 56.6 Å². The fraction of sp³-hybridized carbons (Fsp3) is 0.650. The van der Waals surface area contributed by atoms with E-state index in [1.54, 1.807) is 0 Å². The average molecular weight is 486 g/mol. The van der Waals surface area contributed by atoms with Gasteiger partial charge in [0.05, 0.1) is 16.4 Å². The number of hydrogen-bond acceptors (Lipinski definition) is 3. The van der Waals surface area contributed by atoms with Gasteiger partial charge in [-0.25, -0.2) is 8.42 Å². The van der Waals surface area contributed by atoms with Crippen molar-refractivity contribution in [2.75, 3.05) is 13.1 Å². The van der Waals surface area contributed by atoms with E-state index in [0.29, 0.717) is 18.9 Å². The standard InChI is InChI=1S/C20H24F6N2O3S/c21-19(22,23)14-5-1-3-7-16(14)27-18(29)13-9-11-28(12-10-13)32(30,31)17-8-4-2-6-15(17)20(24,25)26/h2,4,6,8,13-14,16H,1,3,5,7,9-12H2,(H,27,29). The summed E-state index contributed by atoms with van der Waals surface area (Å²) in [6.07, 6.45) is -8.05. The molecule has 12 heteroatoms. The third-order valence-electron chi connectivity index (χ3n) is 6.15. The third-order valence-corrected chi connectivity index (χ3v) is 8.11. The lowest BCUT2D eigenvalue weighted by Crippen LogP contribution is -2.51. The van der Waals surface area contributed by atoms with Crippen LogP contribution in [0.5, 0.6) is 0 Å². The summed E-state index contributed by atoms with van der Waals surface area (Å²) in [6.45, 7) is -0.389. The molecule has 3 rings (SSSR count). The molecule has 1 N–H and O–H groups in total. The second-order valence-electron chi connectivity index (χ2n) is 8.22. The van der Waals surface area contributed by atoms with Crippen molar-refractivity contribution in [3.8, 4) is 0 Å². The molecule has 2 atom stereocenters. The molecular formula is C20H24F6N2O3S. The van der Waals surface area contributed by atoms with E-state index in [1.165, 1.54) is 6.07 Å². The highest BCUT2D eigenvalue weighted by Gasteiger charge is 2.46. The van der Waals surface area contributed by atoms with Gasteiger partial charge in [-0.3, -0.25) is 4.79 Å². The molecule has 2 fully saturated rings. The summed E-state index contributed by atoms with van der Waals surface area (Å²) in [5.74, 6) is -2.88. The summed E-state index contributed by atoms with van der Waals surface area (Å²) in [7, 11) is -4.45. The molecule has 5 nitrogen and oxygen atoms in total. The lowest BCUT2D eigenvalue weighted by Gasteiger charge is -2.36. The Balaban J connectivity index is 1.66. The average Bonchev–Trinajstić information content (AvgIpc) is 2.73. The van der Waals surface area contributed by atoms with Crippen LogP contribution in [-0.2, 0) is 21.0 Å². The Bertz CT molecular complexity index is 924. The van der Waals surface area contributed by atoms with Crippen molar-refractivity contribution in [2.24, 2.45) is 11.8 Å². The minimum Gasteiger partial charge on any atom is -0.353 e. The minimum atomic E-state index is -4.85. The fourth-order valence-corrected chi connectivity index (χ4v) is 6.10. The molecular weight excluding hydrogens is 462 g/mol. The van der Waals surface area contributed by atoms with E-state index in [1.807, 2.05) is 0 Å². The number of amides is 1. The summed E-state index contributed by atoms with van der Waals surface area (Å²) in [5, 5.41) is 2.48. The third kappa shape index (κ3) is 5.38. The number of rotatable bonds is 4. The van der Waals surface area contributed by atoms with Crippen molar-refractivity contribution in [1.29, 1.82) is 0 Å². The predicted octanol–water partition coefficient (Wildman–Crippen LogP) is 4.34. The molecule has 0 spiro atoms. The van der Waals surface area contributed by atoms with Gasteiger partial charge in [0, 0.05) is 25.0 Å². The normalized spacial score (nSPS) is 24.3. The van der Waals surface area contributed by atoms with Crippen LogP contribution in [0.25, 0.3) is 0 Å². The molecule has 1 aliphatic heterocycles. The molecule has 32 heavy (non-hydrogen) atoms. The number of carbonyl (C=O) groups is 1. The van der Waals surface area contributed by atoms with Gasteiger partial charge in [0.15, 0.2) is 0 Å². The zero-order chi connectivity index (χ0) is 23.7. The zero-order valence-corrected chi connectivity index (χ0v) is 17.9. The summed E-state index contributed by atoms with van der Waals surface area (Å²) < 4.78 is 106. The Kier molecular flexibility index (Phi) is 7.14. The number of nitrogens with one attached hydrogen (secondary N) is 1. The van der Waals surface area contributed by atoms with Crippen LogP contribution in [0.2, 0.25) is 0 Å². The second-order valence-corrected chi connectivity index (χ2v) is 10.1. The highest BCUT2D eigenvalue weighted by molar-refractivity contribution is 7.89. The molecule has 0 aromatic heterocycles. The number of halogens is 6. The molecule has 1 aromatic rings. The van der Waals surface area contributed by atoms with Crippen LogP contribution in [-0.4, -0.2) is 43.9 Å². The second kappa shape index (κ2) is 9.20. The number of nitrogens with zero attached hydrogens (tertiary/aromatic N) is 1. The van der Waals surface area contributed by atoms with Gasteiger partial charge < -0.3 is 5.32 Å². The maximum atomic E-state index is 13.2. The van der Waals surface area contributed by atoms with E-state index in [-0.39, 0.29) is 38.8 Å². The van der Waals surface area contributed by atoms with Crippen molar-refractivity contribution in [3.05, 3.63) is 29.8 Å². The first-order valence-corrected chi connectivity index (χ1v) is 11.8. The number of alkyl halides is 6. The van der Waals surface area contributed by atoms with Crippen LogP contribution < -0.4 is 5.32 Å². The molecule has 2 unspecified atom stereocenters. The number of piperidine rings is 1. The van der Waals surface area contributed by atoms with Crippen LogP contribution in [0, 0.1) is 11.8 Å². The Morgan fingerprint density at radius 1 is 0.938 bits per heavy atom. The van der Waals surface area contributed by atoms with E-state index in [9.17, 15) is 39.6 Å². The number of sulfonamides is 1. The molecule has 1 amide bonds. The summed E-state index contributed by atoms with van der Waals surface area (Å²) in [5.41, 5.74) is -1.27. The van der Waals surface area contributed by atoms with Crippen molar-refractivity contribution in [1.82, 2.24) is 9.62 Å². The molecule has 1 saturated carbocycles. The molecule has 0 bridgehead atoms. The van der Waals surface area contributed by atoms with Crippen LogP contribution in [0.1, 0.15) is 44.1 Å². The highest BCUT2D eigenvalue weighted by Crippen LogP contribution is 2.38. The first kappa shape index (κ1) is 24.8. The van der Waals surface area contributed by atoms with E-state index >= 15 is 0 Å². The van der Waals surface area contributed by atoms with Gasteiger partial charge in [-0.2, -0.15) is 30.6 Å². The predicted molar refractivity (Wildman–Crippen MR) is 103 cm³/mol. The van der Waals surface area contributed by atoms with Crippen molar-refractivity contribution in [3.63, 3.8) is 0 Å². The molecule has 0 radical (unpaired) electrons. The molecule has 1 aliphatic carbocycles. The quantitative estimate of drug-likeness (QED) is 0.644. The topological polar surface area (TPSA) is 66.5 Å². The van der Waals surface area contributed by atoms with E-state index in [0.717, 1.165) is 16.4 Å². The van der Waals surface area contributed by atoms with Crippen molar-refractivity contribution < 1.29 is 39.6 Å². The van der Waals surface area contributed by atoms with Crippen LogP contribution in [0.15, 0.2) is 29.2 Å². The Morgan fingerprint density at radius 3 is 2.12 bits per heavy atom. The summed E-state index contributed by atoms with van der Waals surface area (Å²) >= 11 is 0. The van der Waals surface area contributed by atoms with Gasteiger partial charge in [0.1, 0.15) is 0 Å². The highest BCUT2D eigenvalue weighted by atomic mass is 32.2. The lowest BCUT2D eigenvalue weighted by molar-refractivity contribution is -0.189. The fourth-order valence-electron chi connectivity index (χ4n) is 4.42.